The van der Waals surface area contributed by atoms with Crippen molar-refractivity contribution in [2.75, 3.05) is 20.7 Å². The van der Waals surface area contributed by atoms with Gasteiger partial charge in [0, 0.05) is 10.9 Å². The Hall–Kier alpha value is -2.21. The summed E-state index contributed by atoms with van der Waals surface area (Å²) >= 11 is 0. The lowest BCUT2D eigenvalue weighted by Gasteiger charge is -2.32. The molecule has 0 saturated carbocycles. The lowest BCUT2D eigenvalue weighted by molar-refractivity contribution is 0.0676. The van der Waals surface area contributed by atoms with Crippen LogP contribution in [0.5, 0.6) is 5.75 Å². The molecule has 21 heavy (non-hydrogen) atoms. The molecule has 0 bridgehead atoms. The molecule has 1 N–H and O–H groups in total. The molecule has 1 aromatic heterocycles. The third-order valence-corrected chi connectivity index (χ3v) is 3.60. The molecule has 0 aliphatic rings. The fraction of sp³-hybridized carbons (Fsp3) is 0.400. The second kappa shape index (κ2) is 5.65. The second-order valence-electron chi connectivity index (χ2n) is 5.70. The molecule has 112 valence electrons. The Morgan fingerprint density at radius 3 is 2.57 bits per heavy atom. The number of benzene rings is 1. The molecular weight excluding hydrogens is 270 g/mol. The Bertz CT molecular complexity index is 668. The smallest absolute Gasteiger partial charge is 0.360 e. The largest absolute Gasteiger partial charge is 0.488 e. The highest BCUT2D eigenvalue weighted by Gasteiger charge is 2.24. The number of hydrogen-bond donors (Lipinski definition) is 1. The maximum atomic E-state index is 11.3. The maximum absolute atomic E-state index is 11.3. The molecule has 0 fully saturated rings. The third kappa shape index (κ3) is 3.11. The summed E-state index contributed by atoms with van der Waals surface area (Å²) in [7, 11) is 3.90. The van der Waals surface area contributed by atoms with E-state index in [4.69, 9.17) is 4.74 Å². The molecule has 1 aromatic carbocycles. The summed E-state index contributed by atoms with van der Waals surface area (Å²) in [5.41, 5.74) is 0.212. The molecule has 0 saturated heterocycles. The molecule has 6 nitrogen and oxygen atoms in total. The zero-order valence-electron chi connectivity index (χ0n) is 12.6. The topological polar surface area (TPSA) is 75.5 Å². The monoisotopic (exact) mass is 289 g/mol. The Balaban J connectivity index is 2.45. The zero-order chi connectivity index (χ0) is 15.6. The van der Waals surface area contributed by atoms with Crippen LogP contribution in [0.2, 0.25) is 0 Å². The van der Waals surface area contributed by atoms with Gasteiger partial charge in [-0.3, -0.25) is 0 Å². The van der Waals surface area contributed by atoms with Gasteiger partial charge in [-0.15, -0.1) is 10.2 Å². The van der Waals surface area contributed by atoms with Crippen LogP contribution >= 0.6 is 0 Å². The first-order valence-electron chi connectivity index (χ1n) is 6.62. The number of likely N-dealkylation sites (N-methyl/N-ethyl adjacent to an activating group) is 1. The van der Waals surface area contributed by atoms with E-state index in [0.717, 1.165) is 0 Å². The van der Waals surface area contributed by atoms with E-state index in [-0.39, 0.29) is 17.0 Å². The summed E-state index contributed by atoms with van der Waals surface area (Å²) in [6.07, 6.45) is 0. The van der Waals surface area contributed by atoms with Gasteiger partial charge in [0.1, 0.15) is 6.61 Å². The van der Waals surface area contributed by atoms with Crippen molar-refractivity contribution in [3.8, 4) is 5.75 Å². The van der Waals surface area contributed by atoms with Crippen LogP contribution in [0.25, 0.3) is 10.9 Å². The number of carboxylic acids is 1. The van der Waals surface area contributed by atoms with Crippen molar-refractivity contribution in [1.29, 1.82) is 0 Å². The average Bonchev–Trinajstić information content (AvgIpc) is 2.44. The predicted molar refractivity (Wildman–Crippen MR) is 79.8 cm³/mol. The first kappa shape index (κ1) is 15.2. The number of aromatic carboxylic acids is 1. The maximum Gasteiger partial charge on any atom is 0.360 e. The summed E-state index contributed by atoms with van der Waals surface area (Å²) in [5.74, 6) is -0.881. The van der Waals surface area contributed by atoms with Gasteiger partial charge in [0.2, 0.25) is 5.69 Å². The van der Waals surface area contributed by atoms with Crippen LogP contribution in [-0.4, -0.2) is 52.4 Å². The second-order valence-corrected chi connectivity index (χ2v) is 5.70. The molecule has 1 heterocycles. The van der Waals surface area contributed by atoms with Gasteiger partial charge in [-0.25, -0.2) is 4.79 Å². The molecule has 0 atom stereocenters. The van der Waals surface area contributed by atoms with Gasteiger partial charge in [0.25, 0.3) is 0 Å². The molecule has 2 aromatic rings. The summed E-state index contributed by atoms with van der Waals surface area (Å²) in [6.45, 7) is 4.38. The minimum absolute atomic E-state index is 0.164. The highest BCUT2D eigenvalue weighted by Crippen LogP contribution is 2.28. The van der Waals surface area contributed by atoms with Crippen LogP contribution in [0.4, 0.5) is 0 Å². The van der Waals surface area contributed by atoms with E-state index < -0.39 is 5.97 Å². The van der Waals surface area contributed by atoms with E-state index in [1.54, 1.807) is 12.1 Å². The van der Waals surface area contributed by atoms with Crippen LogP contribution in [0, 0.1) is 0 Å². The molecule has 6 heteroatoms. The van der Waals surface area contributed by atoms with Crippen LogP contribution < -0.4 is 4.74 Å². The van der Waals surface area contributed by atoms with Crippen LogP contribution in [-0.2, 0) is 0 Å². The molecule has 0 aliphatic heterocycles. The van der Waals surface area contributed by atoms with E-state index in [0.29, 0.717) is 17.5 Å². The highest BCUT2D eigenvalue weighted by molar-refractivity contribution is 5.96. The van der Waals surface area contributed by atoms with Crippen molar-refractivity contribution in [3.63, 3.8) is 0 Å². The molecule has 0 radical (unpaired) electrons. The lowest BCUT2D eigenvalue weighted by Crippen LogP contribution is -2.43. The number of aromatic nitrogens is 2. The molecule has 0 amide bonds. The van der Waals surface area contributed by atoms with Crippen molar-refractivity contribution in [3.05, 3.63) is 30.0 Å². The van der Waals surface area contributed by atoms with E-state index in [1.165, 1.54) is 0 Å². The molecule has 0 spiro atoms. The van der Waals surface area contributed by atoms with Gasteiger partial charge >= 0.3 is 5.97 Å². The van der Waals surface area contributed by atoms with Gasteiger partial charge in [0.05, 0.1) is 5.52 Å². The van der Waals surface area contributed by atoms with E-state index in [1.807, 2.05) is 45.0 Å². The van der Waals surface area contributed by atoms with E-state index in [2.05, 4.69) is 10.2 Å². The molecular formula is C15H19N3O3. The lowest BCUT2D eigenvalue weighted by atomic mass is 10.1. The number of nitrogens with zero attached hydrogens (tertiary/aromatic N) is 3. The first-order valence-corrected chi connectivity index (χ1v) is 6.62. The third-order valence-electron chi connectivity index (χ3n) is 3.60. The van der Waals surface area contributed by atoms with Crippen molar-refractivity contribution in [2.24, 2.45) is 0 Å². The standard InChI is InChI=1S/C15H19N3O3/c1-15(2,18(3)4)9-21-13-10-7-5-6-8-11(10)16-17-12(13)14(19)20/h5-8H,9H2,1-4H3,(H,19,20). The Labute approximate surface area is 123 Å². The molecule has 2 rings (SSSR count). The average molecular weight is 289 g/mol. The van der Waals surface area contributed by atoms with Crippen LogP contribution in [0.15, 0.2) is 24.3 Å². The number of rotatable bonds is 5. The Morgan fingerprint density at radius 1 is 1.29 bits per heavy atom. The highest BCUT2D eigenvalue weighted by atomic mass is 16.5. The summed E-state index contributed by atoms with van der Waals surface area (Å²) in [6, 6.07) is 7.21. The fourth-order valence-corrected chi connectivity index (χ4v) is 1.69. The number of hydrogen-bond acceptors (Lipinski definition) is 5. The van der Waals surface area contributed by atoms with Gasteiger partial charge in [-0.2, -0.15) is 0 Å². The molecule has 0 unspecified atom stereocenters. The van der Waals surface area contributed by atoms with Gasteiger partial charge in [-0.1, -0.05) is 12.1 Å². The Kier molecular flexibility index (Phi) is 4.09. The number of carboxylic acid groups (broad SMARTS) is 1. The fourth-order valence-electron chi connectivity index (χ4n) is 1.69. The quantitative estimate of drug-likeness (QED) is 0.908. The Morgan fingerprint density at radius 2 is 1.95 bits per heavy atom. The zero-order valence-corrected chi connectivity index (χ0v) is 12.6. The molecule has 0 aliphatic carbocycles. The van der Waals surface area contributed by atoms with E-state index in [9.17, 15) is 9.90 Å². The number of ether oxygens (including phenoxy) is 1. The van der Waals surface area contributed by atoms with Crippen molar-refractivity contribution < 1.29 is 14.6 Å². The summed E-state index contributed by atoms with van der Waals surface area (Å²) in [4.78, 5) is 13.3. The summed E-state index contributed by atoms with van der Waals surface area (Å²) < 4.78 is 5.81. The van der Waals surface area contributed by atoms with Crippen molar-refractivity contribution in [1.82, 2.24) is 15.1 Å². The van der Waals surface area contributed by atoms with Gasteiger partial charge < -0.3 is 14.7 Å². The van der Waals surface area contributed by atoms with Crippen molar-refractivity contribution in [2.45, 2.75) is 19.4 Å². The summed E-state index contributed by atoms with van der Waals surface area (Å²) in [5, 5.41) is 17.6. The number of fused-ring (bicyclic) bond motifs is 1. The normalized spacial score (nSPS) is 11.9. The minimum Gasteiger partial charge on any atom is -0.488 e. The minimum atomic E-state index is -1.15. The van der Waals surface area contributed by atoms with Crippen LogP contribution in [0.3, 0.4) is 0 Å². The predicted octanol–water partition coefficient (Wildman–Crippen LogP) is 2.05. The van der Waals surface area contributed by atoms with Gasteiger partial charge in [0.15, 0.2) is 5.75 Å². The van der Waals surface area contributed by atoms with Crippen LogP contribution in [0.1, 0.15) is 24.3 Å². The first-order chi connectivity index (χ1) is 9.83. The van der Waals surface area contributed by atoms with Gasteiger partial charge in [-0.05, 0) is 40.1 Å². The van der Waals surface area contributed by atoms with Crippen molar-refractivity contribution >= 4 is 16.9 Å². The number of carbonyl (C=O) groups is 1. The van der Waals surface area contributed by atoms with E-state index >= 15 is 0 Å². The SMILES string of the molecule is CN(C)C(C)(C)COc1c(C(=O)O)nnc2ccccc12.